The highest BCUT2D eigenvalue weighted by atomic mass is 19.1. The van der Waals surface area contributed by atoms with Crippen LogP contribution in [0.1, 0.15) is 11.4 Å². The number of rotatable bonds is 2. The van der Waals surface area contributed by atoms with Crippen LogP contribution in [0, 0.1) is 19.7 Å². The molecule has 120 valence electrons. The maximum absolute atomic E-state index is 13.9. The van der Waals surface area contributed by atoms with Gasteiger partial charge in [0.15, 0.2) is 5.82 Å². The molecule has 0 radical (unpaired) electrons. The van der Waals surface area contributed by atoms with Crippen molar-refractivity contribution in [3.63, 3.8) is 0 Å². The Morgan fingerprint density at radius 2 is 1.88 bits per heavy atom. The lowest BCUT2D eigenvalue weighted by Crippen LogP contribution is -1.99. The van der Waals surface area contributed by atoms with Crippen LogP contribution >= 0.6 is 0 Å². The summed E-state index contributed by atoms with van der Waals surface area (Å²) in [4.78, 5) is 13.5. The zero-order valence-corrected chi connectivity index (χ0v) is 13.5. The molecule has 4 rings (SSSR count). The number of aromatic nitrogens is 4. The lowest BCUT2D eigenvalue weighted by molar-refractivity contribution is 0.415. The monoisotopic (exact) mass is 322 g/mol. The number of aryl methyl sites for hydroxylation is 2. The average molecular weight is 322 g/mol. The molecule has 0 fully saturated rings. The third-order valence-corrected chi connectivity index (χ3v) is 4.10. The van der Waals surface area contributed by atoms with E-state index in [0.717, 1.165) is 22.5 Å². The summed E-state index contributed by atoms with van der Waals surface area (Å²) in [6.45, 7) is 3.85. The van der Waals surface area contributed by atoms with Crippen LogP contribution in [0.5, 0.6) is 5.75 Å². The molecule has 0 amide bonds. The fourth-order valence-corrected chi connectivity index (χ4v) is 3.10. The fraction of sp³-hybridized carbons (Fsp3) is 0.167. The summed E-state index contributed by atoms with van der Waals surface area (Å²) >= 11 is 0. The molecule has 3 aromatic heterocycles. The van der Waals surface area contributed by atoms with E-state index in [4.69, 9.17) is 4.74 Å². The van der Waals surface area contributed by atoms with Gasteiger partial charge in [0.1, 0.15) is 11.6 Å². The number of imidazole rings is 1. The number of ether oxygens (including phenoxy) is 1. The third kappa shape index (κ3) is 2.03. The normalized spacial score (nSPS) is 11.3. The summed E-state index contributed by atoms with van der Waals surface area (Å²) in [5, 5.41) is 0. The first-order chi connectivity index (χ1) is 11.6. The van der Waals surface area contributed by atoms with Crippen molar-refractivity contribution < 1.29 is 9.13 Å². The number of fused-ring (bicyclic) bond motifs is 3. The molecule has 24 heavy (non-hydrogen) atoms. The number of nitrogens with zero attached hydrogens (tertiary/aromatic N) is 4. The van der Waals surface area contributed by atoms with E-state index in [9.17, 15) is 4.39 Å². The molecule has 0 N–H and O–H groups in total. The SMILES string of the molecule is COc1ccncc1-c1nc(C)c2c(C)nc3ccc(F)cc3n12. The topological polar surface area (TPSA) is 52.3 Å². The first-order valence-corrected chi connectivity index (χ1v) is 7.53. The second-order valence-electron chi connectivity index (χ2n) is 5.61. The molecular weight excluding hydrogens is 307 g/mol. The van der Waals surface area contributed by atoms with E-state index in [1.165, 1.54) is 12.1 Å². The van der Waals surface area contributed by atoms with Gasteiger partial charge in [-0.25, -0.2) is 14.4 Å². The van der Waals surface area contributed by atoms with Crippen molar-refractivity contribution in [2.24, 2.45) is 0 Å². The standard InChI is InChI=1S/C18H15FN4O/c1-10-17-11(2)22-18(13-9-20-7-6-16(13)24-3)23(17)15-8-12(19)4-5-14(15)21-10/h4-9H,1-3H3. The fourth-order valence-electron chi connectivity index (χ4n) is 3.10. The van der Waals surface area contributed by atoms with E-state index < -0.39 is 0 Å². The number of hydrogen-bond donors (Lipinski definition) is 0. The highest BCUT2D eigenvalue weighted by Crippen LogP contribution is 2.32. The van der Waals surface area contributed by atoms with Gasteiger partial charge in [-0.15, -0.1) is 0 Å². The summed E-state index contributed by atoms with van der Waals surface area (Å²) in [6, 6.07) is 6.34. The Bertz CT molecular complexity index is 1090. The number of pyridine rings is 1. The second kappa shape index (κ2) is 5.26. The lowest BCUT2D eigenvalue weighted by Gasteiger charge is -2.10. The van der Waals surface area contributed by atoms with Crippen molar-refractivity contribution in [2.45, 2.75) is 13.8 Å². The minimum Gasteiger partial charge on any atom is -0.496 e. The molecule has 0 aliphatic heterocycles. The average Bonchev–Trinajstić information content (AvgIpc) is 2.94. The summed E-state index contributed by atoms with van der Waals surface area (Å²) < 4.78 is 21.2. The molecule has 4 aromatic rings. The van der Waals surface area contributed by atoms with Crippen molar-refractivity contribution in [1.29, 1.82) is 0 Å². The van der Waals surface area contributed by atoms with Crippen molar-refractivity contribution in [2.75, 3.05) is 7.11 Å². The molecular formula is C18H15FN4O. The van der Waals surface area contributed by atoms with Gasteiger partial charge in [-0.1, -0.05) is 0 Å². The predicted octanol–water partition coefficient (Wildman–Crippen LogP) is 3.71. The first kappa shape index (κ1) is 14.6. The quantitative estimate of drug-likeness (QED) is 0.564. The molecule has 0 aliphatic carbocycles. The van der Waals surface area contributed by atoms with Gasteiger partial charge in [-0.05, 0) is 32.0 Å². The minimum atomic E-state index is -0.315. The van der Waals surface area contributed by atoms with E-state index in [2.05, 4.69) is 15.0 Å². The van der Waals surface area contributed by atoms with Crippen LogP contribution in [0.4, 0.5) is 4.39 Å². The van der Waals surface area contributed by atoms with Crippen molar-refractivity contribution in [3.8, 4) is 17.1 Å². The van der Waals surface area contributed by atoms with Gasteiger partial charge in [0, 0.05) is 18.5 Å². The molecule has 0 bridgehead atoms. The van der Waals surface area contributed by atoms with E-state index in [1.807, 2.05) is 18.2 Å². The number of methoxy groups -OCH3 is 1. The first-order valence-electron chi connectivity index (χ1n) is 7.53. The zero-order valence-electron chi connectivity index (χ0n) is 13.5. The van der Waals surface area contributed by atoms with E-state index >= 15 is 0 Å². The molecule has 0 atom stereocenters. The van der Waals surface area contributed by atoms with Crippen molar-refractivity contribution >= 4 is 16.6 Å². The summed E-state index contributed by atoms with van der Waals surface area (Å²) in [7, 11) is 1.60. The maximum Gasteiger partial charge on any atom is 0.150 e. The highest BCUT2D eigenvalue weighted by molar-refractivity contribution is 5.84. The zero-order chi connectivity index (χ0) is 16.8. The molecule has 0 unspecified atom stereocenters. The molecule has 0 aliphatic rings. The van der Waals surface area contributed by atoms with Gasteiger partial charge in [-0.2, -0.15) is 0 Å². The molecule has 6 heteroatoms. The number of hydrogen-bond acceptors (Lipinski definition) is 4. The third-order valence-electron chi connectivity index (χ3n) is 4.10. The Labute approximate surface area is 137 Å². The maximum atomic E-state index is 13.9. The van der Waals surface area contributed by atoms with Gasteiger partial charge in [0.05, 0.1) is 40.6 Å². The van der Waals surface area contributed by atoms with E-state index in [-0.39, 0.29) is 5.82 Å². The molecule has 5 nitrogen and oxygen atoms in total. The smallest absolute Gasteiger partial charge is 0.150 e. The predicted molar refractivity (Wildman–Crippen MR) is 89.7 cm³/mol. The van der Waals surface area contributed by atoms with Crippen molar-refractivity contribution in [3.05, 3.63) is 53.9 Å². The van der Waals surface area contributed by atoms with E-state index in [1.54, 1.807) is 31.6 Å². The largest absolute Gasteiger partial charge is 0.496 e. The molecule has 1 aromatic carbocycles. The Kier molecular flexibility index (Phi) is 3.19. The van der Waals surface area contributed by atoms with Crippen LogP contribution in [0.15, 0.2) is 36.7 Å². The van der Waals surface area contributed by atoms with Gasteiger partial charge in [-0.3, -0.25) is 9.38 Å². The van der Waals surface area contributed by atoms with Crippen LogP contribution in [-0.4, -0.2) is 26.5 Å². The van der Waals surface area contributed by atoms with Gasteiger partial charge in [0.2, 0.25) is 0 Å². The van der Waals surface area contributed by atoms with Crippen molar-refractivity contribution in [1.82, 2.24) is 19.4 Å². The van der Waals surface area contributed by atoms with Crippen LogP contribution in [-0.2, 0) is 0 Å². The molecule has 0 saturated heterocycles. The van der Waals surface area contributed by atoms with Gasteiger partial charge >= 0.3 is 0 Å². The summed E-state index contributed by atoms with van der Waals surface area (Å²) in [5.74, 6) is 1.01. The minimum absolute atomic E-state index is 0.315. The molecule has 3 heterocycles. The summed E-state index contributed by atoms with van der Waals surface area (Å²) in [6.07, 6.45) is 3.36. The van der Waals surface area contributed by atoms with Crippen LogP contribution in [0.2, 0.25) is 0 Å². The van der Waals surface area contributed by atoms with Crippen LogP contribution < -0.4 is 4.74 Å². The van der Waals surface area contributed by atoms with Crippen LogP contribution in [0.25, 0.3) is 27.9 Å². The summed E-state index contributed by atoms with van der Waals surface area (Å²) in [5.41, 5.74) is 4.66. The molecule has 0 spiro atoms. The number of benzene rings is 1. The Hall–Kier alpha value is -3.02. The highest BCUT2D eigenvalue weighted by Gasteiger charge is 2.19. The molecule has 0 saturated carbocycles. The Balaban J connectivity index is 2.21. The number of halogens is 1. The Morgan fingerprint density at radius 3 is 2.67 bits per heavy atom. The van der Waals surface area contributed by atoms with E-state index in [0.29, 0.717) is 22.6 Å². The van der Waals surface area contributed by atoms with Crippen LogP contribution in [0.3, 0.4) is 0 Å². The Morgan fingerprint density at radius 1 is 1.08 bits per heavy atom. The second-order valence-corrected chi connectivity index (χ2v) is 5.61. The van der Waals surface area contributed by atoms with Gasteiger partial charge < -0.3 is 4.74 Å². The van der Waals surface area contributed by atoms with Gasteiger partial charge in [0.25, 0.3) is 0 Å². The lowest BCUT2D eigenvalue weighted by atomic mass is 10.2.